The lowest BCUT2D eigenvalue weighted by atomic mass is 10.3. The highest BCUT2D eigenvalue weighted by atomic mass is 32.2. The van der Waals surface area contributed by atoms with Crippen molar-refractivity contribution in [3.63, 3.8) is 0 Å². The van der Waals surface area contributed by atoms with E-state index < -0.39 is 10.8 Å². The molecule has 3 amide bonds. The number of non-ortho nitro benzene ring substituents is 1. The molecule has 1 aromatic heterocycles. The molecule has 1 fully saturated rings. The second-order valence-electron chi connectivity index (χ2n) is 7.15. The Morgan fingerprint density at radius 3 is 2.59 bits per heavy atom. The van der Waals surface area contributed by atoms with E-state index in [1.54, 1.807) is 27.4 Å². The van der Waals surface area contributed by atoms with Gasteiger partial charge in [-0.2, -0.15) is 4.99 Å². The van der Waals surface area contributed by atoms with Gasteiger partial charge in [0.1, 0.15) is 0 Å². The number of carbonyl (C=O) groups excluding carboxylic acids is 3. The quantitative estimate of drug-likeness (QED) is 0.318. The number of nitro groups is 1. The fourth-order valence-electron chi connectivity index (χ4n) is 3.31. The minimum atomic E-state index is -0.489. The second-order valence-corrected chi connectivity index (χ2v) is 9.14. The van der Waals surface area contributed by atoms with Crippen molar-refractivity contribution in [3.05, 3.63) is 33.1 Å². The Morgan fingerprint density at radius 1 is 1.24 bits per heavy atom. The van der Waals surface area contributed by atoms with Gasteiger partial charge >= 0.3 is 6.09 Å². The van der Waals surface area contributed by atoms with E-state index >= 15 is 0 Å². The normalized spacial score (nSPS) is 14.2. The van der Waals surface area contributed by atoms with Gasteiger partial charge in [0.05, 0.1) is 39.8 Å². The number of nitrogens with zero attached hydrogens (tertiary/aromatic N) is 5. The minimum absolute atomic E-state index is 0.00101. The zero-order chi connectivity index (χ0) is 24.7. The van der Waals surface area contributed by atoms with Crippen LogP contribution in [0.1, 0.15) is 6.92 Å². The Morgan fingerprint density at radius 2 is 1.94 bits per heavy atom. The van der Waals surface area contributed by atoms with Crippen molar-refractivity contribution < 1.29 is 24.0 Å². The first-order chi connectivity index (χ1) is 16.3. The van der Waals surface area contributed by atoms with Crippen molar-refractivity contribution in [3.8, 4) is 12.3 Å². The van der Waals surface area contributed by atoms with Crippen LogP contribution >= 0.6 is 23.1 Å². The largest absolute Gasteiger partial charge is 0.450 e. The van der Waals surface area contributed by atoms with E-state index in [1.807, 2.05) is 0 Å². The molecule has 0 aliphatic carbocycles. The van der Waals surface area contributed by atoms with Gasteiger partial charge in [-0.05, 0) is 13.0 Å². The van der Waals surface area contributed by atoms with Gasteiger partial charge in [-0.1, -0.05) is 17.3 Å². The Bertz CT molecular complexity index is 1210. The van der Waals surface area contributed by atoms with Crippen molar-refractivity contribution >= 4 is 56.9 Å². The number of ether oxygens (including phenoxy) is 1. The highest BCUT2D eigenvalue weighted by Crippen LogP contribution is 2.23. The van der Waals surface area contributed by atoms with Crippen molar-refractivity contribution in [1.29, 1.82) is 0 Å². The molecule has 34 heavy (non-hydrogen) atoms. The number of fused-ring (bicyclic) bond motifs is 1. The minimum Gasteiger partial charge on any atom is -0.450 e. The molecule has 2 aromatic rings. The molecule has 0 atom stereocenters. The summed E-state index contributed by atoms with van der Waals surface area (Å²) in [5.74, 6) is 2.07. The smallest absolute Gasteiger partial charge is 0.409 e. The van der Waals surface area contributed by atoms with Gasteiger partial charge in [-0.15, -0.1) is 18.2 Å². The molecule has 3 rings (SSSR count). The van der Waals surface area contributed by atoms with Gasteiger partial charge in [0.2, 0.25) is 5.91 Å². The summed E-state index contributed by atoms with van der Waals surface area (Å²) in [4.78, 5) is 54.8. The van der Waals surface area contributed by atoms with Crippen LogP contribution in [-0.4, -0.2) is 81.5 Å². The molecule has 0 unspecified atom stereocenters. The number of thioether (sulfide) groups is 1. The average molecular weight is 506 g/mol. The zero-order valence-corrected chi connectivity index (χ0v) is 20.1. The number of aromatic nitrogens is 1. The van der Waals surface area contributed by atoms with E-state index in [0.717, 1.165) is 23.1 Å². The van der Waals surface area contributed by atoms with E-state index in [4.69, 9.17) is 11.2 Å². The summed E-state index contributed by atoms with van der Waals surface area (Å²) in [6, 6.07) is 4.38. The van der Waals surface area contributed by atoms with Crippen LogP contribution in [-0.2, 0) is 20.9 Å². The van der Waals surface area contributed by atoms with Gasteiger partial charge in [0, 0.05) is 38.3 Å². The number of hydrogen-bond donors (Lipinski definition) is 0. The second kappa shape index (κ2) is 11.7. The number of rotatable bonds is 7. The van der Waals surface area contributed by atoms with Crippen LogP contribution in [0.5, 0.6) is 0 Å². The zero-order valence-electron chi connectivity index (χ0n) is 18.5. The first-order valence-electron chi connectivity index (χ1n) is 10.4. The van der Waals surface area contributed by atoms with E-state index in [2.05, 4.69) is 10.9 Å². The van der Waals surface area contributed by atoms with Crippen LogP contribution in [0.4, 0.5) is 10.5 Å². The number of terminal acetylenes is 1. The van der Waals surface area contributed by atoms with Gasteiger partial charge in [0.25, 0.3) is 11.6 Å². The summed E-state index contributed by atoms with van der Waals surface area (Å²) in [6.07, 6.45) is 5.06. The number of hydrogen-bond acceptors (Lipinski definition) is 8. The number of piperazine rings is 1. The molecule has 0 saturated carbocycles. The monoisotopic (exact) mass is 505 g/mol. The van der Waals surface area contributed by atoms with Crippen molar-refractivity contribution in [2.24, 2.45) is 4.99 Å². The molecule has 0 bridgehead atoms. The summed E-state index contributed by atoms with van der Waals surface area (Å²) < 4.78 is 7.22. The number of carbonyl (C=O) groups is 3. The first kappa shape index (κ1) is 25.3. The Hall–Kier alpha value is -3.37. The Labute approximate surface area is 203 Å². The molecule has 1 aliphatic rings. The predicted molar refractivity (Wildman–Crippen MR) is 128 cm³/mol. The summed E-state index contributed by atoms with van der Waals surface area (Å²) in [5, 5.41) is 11.0. The molecule has 2 heterocycles. The van der Waals surface area contributed by atoms with E-state index in [1.165, 1.54) is 12.1 Å². The summed E-state index contributed by atoms with van der Waals surface area (Å²) in [5.41, 5.74) is 0.599. The molecule has 1 aromatic carbocycles. The van der Waals surface area contributed by atoms with Crippen LogP contribution in [0.2, 0.25) is 0 Å². The maximum Gasteiger partial charge on any atom is 0.409 e. The molecule has 0 N–H and O–H groups in total. The van der Waals surface area contributed by atoms with Crippen LogP contribution in [0, 0.1) is 22.5 Å². The van der Waals surface area contributed by atoms with Crippen molar-refractivity contribution in [2.45, 2.75) is 13.5 Å². The summed E-state index contributed by atoms with van der Waals surface area (Å²) in [7, 11) is 0. The topological polar surface area (TPSA) is 127 Å². The SMILES string of the molecule is C#CCn1c(=NC(=O)CSCC(=O)N2CCN(C(=O)OCC)CC2)sc2cc([N+](=O)[O-])ccc21. The van der Waals surface area contributed by atoms with Crippen molar-refractivity contribution in [2.75, 3.05) is 44.3 Å². The summed E-state index contributed by atoms with van der Waals surface area (Å²) >= 11 is 2.30. The average Bonchev–Trinajstić information content (AvgIpc) is 3.15. The van der Waals surface area contributed by atoms with E-state index in [9.17, 15) is 24.5 Å². The van der Waals surface area contributed by atoms with Crippen LogP contribution in [0.3, 0.4) is 0 Å². The fraction of sp³-hybridized carbons (Fsp3) is 0.429. The van der Waals surface area contributed by atoms with Crippen LogP contribution < -0.4 is 4.80 Å². The standard InChI is InChI=1S/C21H23N5O6S2/c1-3-7-25-16-6-5-15(26(30)31)12-17(16)34-20(25)22-18(27)13-33-14-19(28)23-8-10-24(11-9-23)21(29)32-4-2/h1,5-6,12H,4,7-11,13-14H2,2H3. The molecular formula is C21H23N5O6S2. The lowest BCUT2D eigenvalue weighted by molar-refractivity contribution is -0.384. The third-order valence-corrected chi connectivity index (χ3v) is 6.90. The molecule has 13 heteroatoms. The van der Waals surface area contributed by atoms with E-state index in [-0.39, 0.29) is 35.7 Å². The first-order valence-corrected chi connectivity index (χ1v) is 12.4. The molecular weight excluding hydrogens is 482 g/mol. The van der Waals surface area contributed by atoms with Gasteiger partial charge < -0.3 is 19.1 Å². The maximum absolute atomic E-state index is 12.4. The third-order valence-electron chi connectivity index (χ3n) is 4.96. The highest BCUT2D eigenvalue weighted by molar-refractivity contribution is 8.00. The molecule has 11 nitrogen and oxygen atoms in total. The van der Waals surface area contributed by atoms with Gasteiger partial charge in [0.15, 0.2) is 4.80 Å². The molecule has 0 radical (unpaired) electrons. The maximum atomic E-state index is 12.4. The van der Waals surface area contributed by atoms with Crippen LogP contribution in [0.15, 0.2) is 23.2 Å². The van der Waals surface area contributed by atoms with Crippen LogP contribution in [0.25, 0.3) is 10.2 Å². The predicted octanol–water partition coefficient (Wildman–Crippen LogP) is 1.71. The van der Waals surface area contributed by atoms with Crippen molar-refractivity contribution in [1.82, 2.24) is 14.4 Å². The molecule has 1 aliphatic heterocycles. The lowest BCUT2D eigenvalue weighted by Gasteiger charge is -2.34. The number of nitro benzene ring substituents is 1. The molecule has 1 saturated heterocycles. The number of amides is 3. The fourth-order valence-corrected chi connectivity index (χ4v) is 5.09. The summed E-state index contributed by atoms with van der Waals surface area (Å²) in [6.45, 7) is 3.84. The number of thiazole rings is 1. The van der Waals surface area contributed by atoms with Gasteiger partial charge in [-0.25, -0.2) is 4.79 Å². The highest BCUT2D eigenvalue weighted by Gasteiger charge is 2.24. The lowest BCUT2D eigenvalue weighted by Crippen LogP contribution is -2.51. The number of benzene rings is 1. The third kappa shape index (κ3) is 6.15. The Balaban J connectivity index is 1.58. The van der Waals surface area contributed by atoms with E-state index in [0.29, 0.717) is 47.8 Å². The molecule has 180 valence electrons. The molecule has 0 spiro atoms. The van der Waals surface area contributed by atoms with Gasteiger partial charge in [-0.3, -0.25) is 19.7 Å². The Kier molecular flexibility index (Phi) is 8.67.